The Hall–Kier alpha value is -2.24. The number of aliphatic carboxylic acids is 1. The van der Waals surface area contributed by atoms with Crippen LogP contribution in [0.3, 0.4) is 0 Å². The molecule has 0 heterocycles. The molecule has 0 aliphatic carbocycles. The normalized spacial score (nSPS) is 11.6. The highest BCUT2D eigenvalue weighted by atomic mass is 35.5. The molecule has 0 aliphatic rings. The highest BCUT2D eigenvalue weighted by Crippen LogP contribution is 2.20. The summed E-state index contributed by atoms with van der Waals surface area (Å²) in [5.41, 5.74) is 1.41. The van der Waals surface area contributed by atoms with Crippen molar-refractivity contribution >= 4 is 35.3 Å². The molecular weight excluding hydrogens is 353 g/mol. The number of nitrogens with one attached hydrogen (secondary N) is 1. The van der Waals surface area contributed by atoms with Gasteiger partial charge in [-0.2, -0.15) is 0 Å². The minimum atomic E-state index is -1.18. The molecule has 0 radical (unpaired) electrons. The molecule has 0 spiro atoms. The summed E-state index contributed by atoms with van der Waals surface area (Å²) in [7, 11) is 0. The van der Waals surface area contributed by atoms with E-state index in [0.717, 1.165) is 5.56 Å². The first-order valence-corrected chi connectivity index (χ1v) is 7.84. The lowest BCUT2D eigenvalue weighted by Crippen LogP contribution is -2.42. The van der Waals surface area contributed by atoms with Crippen molar-refractivity contribution in [1.82, 2.24) is 5.32 Å². The monoisotopic (exact) mass is 367 g/mol. The molecule has 0 saturated carbocycles. The smallest absolute Gasteiger partial charge is 0.408 e. The standard InChI is InChI=1S/C17H15Cl2NO4/c18-13-6-12(7-14(19)9-13)8-15(16(21)22)20-17(23)24-10-11-4-2-1-3-5-11/h1-7,9,15H,8,10H2,(H,20,23)(H,21,22)/t15-/m0/s1. The Kier molecular flexibility index (Phi) is 6.46. The minimum absolute atomic E-state index is 0.0377. The van der Waals surface area contributed by atoms with Crippen molar-refractivity contribution in [2.45, 2.75) is 19.1 Å². The number of carboxylic acids is 1. The van der Waals surface area contributed by atoms with Crippen LogP contribution in [0.15, 0.2) is 48.5 Å². The van der Waals surface area contributed by atoms with Crippen LogP contribution < -0.4 is 5.32 Å². The Morgan fingerprint density at radius 1 is 1.04 bits per heavy atom. The van der Waals surface area contributed by atoms with Crippen molar-refractivity contribution < 1.29 is 19.4 Å². The number of carboxylic acid groups (broad SMARTS) is 1. The molecule has 1 amide bonds. The van der Waals surface area contributed by atoms with E-state index >= 15 is 0 Å². The van der Waals surface area contributed by atoms with Gasteiger partial charge in [-0.05, 0) is 29.3 Å². The lowest BCUT2D eigenvalue weighted by atomic mass is 10.1. The number of hydrogen-bond acceptors (Lipinski definition) is 3. The molecular formula is C17H15Cl2NO4. The molecule has 7 heteroatoms. The fraction of sp³-hybridized carbons (Fsp3) is 0.176. The Balaban J connectivity index is 1.95. The second kappa shape index (κ2) is 8.57. The number of carbonyl (C=O) groups is 2. The summed E-state index contributed by atoms with van der Waals surface area (Å²) in [4.78, 5) is 23.2. The average molecular weight is 368 g/mol. The van der Waals surface area contributed by atoms with Gasteiger partial charge in [0.2, 0.25) is 0 Å². The molecule has 24 heavy (non-hydrogen) atoms. The van der Waals surface area contributed by atoms with Gasteiger partial charge in [0.15, 0.2) is 0 Å². The van der Waals surface area contributed by atoms with Gasteiger partial charge in [-0.25, -0.2) is 9.59 Å². The molecule has 0 saturated heterocycles. The number of halogens is 2. The van der Waals surface area contributed by atoms with Crippen LogP contribution in [0.5, 0.6) is 0 Å². The first-order valence-electron chi connectivity index (χ1n) is 7.09. The van der Waals surface area contributed by atoms with Crippen LogP contribution in [0.1, 0.15) is 11.1 Å². The van der Waals surface area contributed by atoms with Crippen LogP contribution in [0.25, 0.3) is 0 Å². The minimum Gasteiger partial charge on any atom is -0.480 e. The van der Waals surface area contributed by atoms with Crippen molar-refractivity contribution in [2.75, 3.05) is 0 Å². The van der Waals surface area contributed by atoms with Gasteiger partial charge in [0.05, 0.1) is 0 Å². The molecule has 2 rings (SSSR count). The number of amides is 1. The quantitative estimate of drug-likeness (QED) is 0.811. The van der Waals surface area contributed by atoms with Crippen molar-refractivity contribution in [2.24, 2.45) is 0 Å². The molecule has 2 aromatic carbocycles. The lowest BCUT2D eigenvalue weighted by Gasteiger charge is -2.15. The largest absolute Gasteiger partial charge is 0.480 e. The first kappa shape index (κ1) is 18.1. The zero-order valence-corrected chi connectivity index (χ0v) is 14.1. The molecule has 2 N–H and O–H groups in total. The van der Waals surface area contributed by atoms with Crippen LogP contribution in [0.4, 0.5) is 4.79 Å². The molecule has 2 aromatic rings. The van der Waals surface area contributed by atoms with E-state index in [-0.39, 0.29) is 13.0 Å². The predicted molar refractivity (Wildman–Crippen MR) is 91.4 cm³/mol. The summed E-state index contributed by atoms with van der Waals surface area (Å²) < 4.78 is 5.03. The second-order valence-electron chi connectivity index (χ2n) is 5.08. The van der Waals surface area contributed by atoms with E-state index in [1.165, 1.54) is 0 Å². The maximum Gasteiger partial charge on any atom is 0.408 e. The van der Waals surface area contributed by atoms with Gasteiger partial charge in [0.1, 0.15) is 12.6 Å². The van der Waals surface area contributed by atoms with Gasteiger partial charge in [0, 0.05) is 16.5 Å². The zero-order valence-electron chi connectivity index (χ0n) is 12.5. The molecule has 0 fully saturated rings. The summed E-state index contributed by atoms with van der Waals surface area (Å²) in [5, 5.41) is 12.4. The lowest BCUT2D eigenvalue weighted by molar-refractivity contribution is -0.139. The number of hydrogen-bond donors (Lipinski definition) is 2. The number of ether oxygens (including phenoxy) is 1. The van der Waals surface area contributed by atoms with E-state index in [1.807, 2.05) is 18.2 Å². The zero-order chi connectivity index (χ0) is 17.5. The number of rotatable bonds is 6. The van der Waals surface area contributed by atoms with Gasteiger partial charge in [-0.1, -0.05) is 53.5 Å². The molecule has 1 atom stereocenters. The average Bonchev–Trinajstić information content (AvgIpc) is 2.52. The predicted octanol–water partition coefficient (Wildman–Crippen LogP) is 3.92. The summed E-state index contributed by atoms with van der Waals surface area (Å²) in [5.74, 6) is -1.18. The second-order valence-corrected chi connectivity index (χ2v) is 5.95. The summed E-state index contributed by atoms with van der Waals surface area (Å²) >= 11 is 11.8. The van der Waals surface area contributed by atoms with Crippen molar-refractivity contribution in [3.05, 3.63) is 69.7 Å². The van der Waals surface area contributed by atoms with E-state index in [1.54, 1.807) is 30.3 Å². The van der Waals surface area contributed by atoms with Gasteiger partial charge >= 0.3 is 12.1 Å². The number of carbonyl (C=O) groups excluding carboxylic acids is 1. The highest BCUT2D eigenvalue weighted by Gasteiger charge is 2.21. The highest BCUT2D eigenvalue weighted by molar-refractivity contribution is 6.34. The van der Waals surface area contributed by atoms with E-state index in [4.69, 9.17) is 27.9 Å². The summed E-state index contributed by atoms with van der Waals surface area (Å²) in [6.45, 7) is 0.0575. The topological polar surface area (TPSA) is 75.6 Å². The molecule has 126 valence electrons. The van der Waals surface area contributed by atoms with Crippen molar-refractivity contribution in [3.8, 4) is 0 Å². The third-order valence-corrected chi connectivity index (χ3v) is 3.60. The third kappa shape index (κ3) is 5.76. The Morgan fingerprint density at radius 3 is 2.25 bits per heavy atom. The molecule has 0 unspecified atom stereocenters. The summed E-state index contributed by atoms with van der Waals surface area (Å²) in [6.07, 6.45) is -0.768. The van der Waals surface area contributed by atoms with Crippen molar-refractivity contribution in [3.63, 3.8) is 0 Å². The molecule has 0 bridgehead atoms. The molecule has 0 aliphatic heterocycles. The van der Waals surface area contributed by atoms with Gasteiger partial charge < -0.3 is 15.2 Å². The van der Waals surface area contributed by atoms with Gasteiger partial charge in [-0.3, -0.25) is 0 Å². The van der Waals surface area contributed by atoms with Crippen molar-refractivity contribution in [1.29, 1.82) is 0 Å². The van der Waals surface area contributed by atoms with E-state index < -0.39 is 18.1 Å². The van der Waals surface area contributed by atoms with E-state index in [0.29, 0.717) is 15.6 Å². The van der Waals surface area contributed by atoms with Crippen LogP contribution in [0.2, 0.25) is 10.0 Å². The Bertz CT molecular complexity index is 702. The molecule has 5 nitrogen and oxygen atoms in total. The van der Waals surface area contributed by atoms with Gasteiger partial charge in [-0.15, -0.1) is 0 Å². The Morgan fingerprint density at radius 2 is 1.67 bits per heavy atom. The van der Waals surface area contributed by atoms with Crippen LogP contribution in [-0.2, 0) is 22.6 Å². The fourth-order valence-electron chi connectivity index (χ4n) is 2.07. The van der Waals surface area contributed by atoms with E-state index in [9.17, 15) is 14.7 Å². The SMILES string of the molecule is O=C(N[C@@H](Cc1cc(Cl)cc(Cl)c1)C(=O)O)OCc1ccccc1. The van der Waals surface area contributed by atoms with Crippen LogP contribution in [-0.4, -0.2) is 23.2 Å². The maximum absolute atomic E-state index is 11.8. The van der Waals surface area contributed by atoms with Crippen LogP contribution in [0, 0.1) is 0 Å². The van der Waals surface area contributed by atoms with E-state index in [2.05, 4.69) is 5.32 Å². The van der Waals surface area contributed by atoms with Gasteiger partial charge in [0.25, 0.3) is 0 Å². The van der Waals surface area contributed by atoms with Crippen LogP contribution >= 0.6 is 23.2 Å². The summed E-state index contributed by atoms with van der Waals surface area (Å²) in [6, 6.07) is 12.7. The Labute approximate surface area is 149 Å². The maximum atomic E-state index is 11.8. The fourth-order valence-corrected chi connectivity index (χ4v) is 2.64. The first-order chi connectivity index (χ1) is 11.4. The number of alkyl carbamates (subject to hydrolysis) is 1. The third-order valence-electron chi connectivity index (χ3n) is 3.17. The molecule has 0 aromatic heterocycles. The number of benzene rings is 2.